The summed E-state index contributed by atoms with van der Waals surface area (Å²) in [7, 11) is -2.37. The van der Waals surface area contributed by atoms with Gasteiger partial charge in [0, 0.05) is 25.1 Å². The third kappa shape index (κ3) is 4.78. The average Bonchev–Trinajstić information content (AvgIpc) is 2.78. The molecule has 0 aromatic heterocycles. The molecule has 0 radical (unpaired) electrons. The molecule has 33 heavy (non-hydrogen) atoms. The van der Waals surface area contributed by atoms with Crippen LogP contribution in [0.25, 0.3) is 0 Å². The van der Waals surface area contributed by atoms with E-state index >= 15 is 0 Å². The largest absolute Gasteiger partial charge is 0.495 e. The van der Waals surface area contributed by atoms with Crippen LogP contribution in [0.4, 0.5) is 11.4 Å². The summed E-state index contributed by atoms with van der Waals surface area (Å²) in [5, 5.41) is 5.49. The van der Waals surface area contributed by atoms with Crippen molar-refractivity contribution in [1.82, 2.24) is 4.31 Å². The molecule has 2 aliphatic heterocycles. The van der Waals surface area contributed by atoms with Crippen LogP contribution in [-0.2, 0) is 19.6 Å². The average molecular weight is 494 g/mol. The van der Waals surface area contributed by atoms with Crippen LogP contribution in [0.3, 0.4) is 0 Å². The van der Waals surface area contributed by atoms with E-state index in [9.17, 15) is 18.0 Å². The minimum atomic E-state index is -3.91. The number of rotatable bonds is 5. The highest BCUT2D eigenvalue weighted by atomic mass is 35.5. The van der Waals surface area contributed by atoms with E-state index in [1.165, 1.54) is 23.5 Å². The van der Waals surface area contributed by atoms with Crippen LogP contribution < -0.4 is 20.1 Å². The van der Waals surface area contributed by atoms with Gasteiger partial charge in [0.1, 0.15) is 16.4 Å². The first kappa shape index (κ1) is 23.3. The zero-order valence-corrected chi connectivity index (χ0v) is 19.8. The van der Waals surface area contributed by atoms with E-state index in [1.807, 2.05) is 19.1 Å². The summed E-state index contributed by atoms with van der Waals surface area (Å²) < 4.78 is 38.4. The lowest BCUT2D eigenvalue weighted by Gasteiger charge is -2.31. The van der Waals surface area contributed by atoms with Crippen LogP contribution in [0.5, 0.6) is 11.5 Å². The Balaban J connectivity index is 1.45. The number of carbonyl (C=O) groups is 2. The number of nitrogens with one attached hydrogen (secondary N) is 2. The Labute approximate surface area is 197 Å². The minimum absolute atomic E-state index is 0.00837. The Morgan fingerprint density at radius 1 is 1.24 bits per heavy atom. The van der Waals surface area contributed by atoms with Crippen LogP contribution in [0, 0.1) is 12.8 Å². The molecule has 2 aromatic rings. The predicted molar refractivity (Wildman–Crippen MR) is 123 cm³/mol. The van der Waals surface area contributed by atoms with Gasteiger partial charge in [0.15, 0.2) is 6.61 Å². The van der Waals surface area contributed by atoms with Gasteiger partial charge in [-0.1, -0.05) is 17.7 Å². The van der Waals surface area contributed by atoms with E-state index < -0.39 is 10.0 Å². The number of piperidine rings is 1. The Bertz CT molecular complexity index is 1210. The molecule has 0 bridgehead atoms. The number of nitrogens with zero attached hydrogens (tertiary/aromatic N) is 1. The zero-order valence-electron chi connectivity index (χ0n) is 18.2. The van der Waals surface area contributed by atoms with Gasteiger partial charge in [-0.15, -0.1) is 0 Å². The number of methoxy groups -OCH3 is 1. The summed E-state index contributed by atoms with van der Waals surface area (Å²) in [5.41, 5.74) is 1.90. The van der Waals surface area contributed by atoms with Crippen molar-refractivity contribution in [2.24, 2.45) is 5.92 Å². The number of hydrogen-bond acceptors (Lipinski definition) is 6. The van der Waals surface area contributed by atoms with E-state index in [1.54, 1.807) is 6.07 Å². The molecule has 2 heterocycles. The standard InChI is InChI=1S/C22H24ClN3O6S/c1-13-3-4-18(31-2)16(9-13)25-22(28)14-5-7-26(8-6-14)33(29,30)20-11-19-17(10-15(20)23)24-21(27)12-32-19/h3-4,9-11,14H,5-8,12H2,1-2H3,(H,24,27)(H,25,28). The lowest BCUT2D eigenvalue weighted by Crippen LogP contribution is -2.41. The fourth-order valence-corrected chi connectivity index (χ4v) is 5.92. The molecular formula is C22H24ClN3O6S. The Morgan fingerprint density at radius 3 is 2.67 bits per heavy atom. The third-order valence-electron chi connectivity index (χ3n) is 5.72. The third-order valence-corrected chi connectivity index (χ3v) is 8.09. The maximum absolute atomic E-state index is 13.2. The first-order chi connectivity index (χ1) is 15.7. The number of amides is 2. The van der Waals surface area contributed by atoms with Crippen LogP contribution >= 0.6 is 11.6 Å². The summed E-state index contributed by atoms with van der Waals surface area (Å²) >= 11 is 6.23. The minimum Gasteiger partial charge on any atom is -0.495 e. The molecule has 0 aliphatic carbocycles. The molecule has 4 rings (SSSR count). The van der Waals surface area contributed by atoms with Crippen molar-refractivity contribution in [3.8, 4) is 11.5 Å². The second-order valence-electron chi connectivity index (χ2n) is 7.99. The number of anilines is 2. The van der Waals surface area contributed by atoms with Gasteiger partial charge in [0.05, 0.1) is 23.5 Å². The molecular weight excluding hydrogens is 470 g/mol. The second kappa shape index (κ2) is 9.20. The Morgan fingerprint density at radius 2 is 1.97 bits per heavy atom. The molecule has 2 aromatic carbocycles. The fraction of sp³-hybridized carbons (Fsp3) is 0.364. The smallest absolute Gasteiger partial charge is 0.262 e. The van der Waals surface area contributed by atoms with Crippen molar-refractivity contribution in [2.75, 3.05) is 37.4 Å². The molecule has 2 amide bonds. The maximum Gasteiger partial charge on any atom is 0.262 e. The molecule has 1 fully saturated rings. The first-order valence-corrected chi connectivity index (χ1v) is 12.2. The Hall–Kier alpha value is -2.82. The lowest BCUT2D eigenvalue weighted by molar-refractivity contribution is -0.121. The number of carbonyl (C=O) groups excluding carboxylic acids is 2. The number of hydrogen-bond donors (Lipinski definition) is 2. The van der Waals surface area contributed by atoms with Gasteiger partial charge < -0.3 is 20.1 Å². The SMILES string of the molecule is COc1ccc(C)cc1NC(=O)C1CCN(S(=O)(=O)c2cc3c(cc2Cl)NC(=O)CO3)CC1. The molecule has 1 saturated heterocycles. The zero-order chi connectivity index (χ0) is 23.8. The number of sulfonamides is 1. The monoisotopic (exact) mass is 493 g/mol. The van der Waals surface area contributed by atoms with Gasteiger partial charge in [-0.2, -0.15) is 4.31 Å². The van der Waals surface area contributed by atoms with Crippen molar-refractivity contribution >= 4 is 44.8 Å². The van der Waals surface area contributed by atoms with E-state index in [0.29, 0.717) is 30.0 Å². The van der Waals surface area contributed by atoms with Crippen LogP contribution in [0.15, 0.2) is 35.2 Å². The van der Waals surface area contributed by atoms with Crippen LogP contribution in [-0.4, -0.2) is 51.3 Å². The highest BCUT2D eigenvalue weighted by Crippen LogP contribution is 2.37. The van der Waals surface area contributed by atoms with Gasteiger partial charge in [0.2, 0.25) is 15.9 Å². The van der Waals surface area contributed by atoms with Crippen molar-refractivity contribution in [3.05, 3.63) is 40.9 Å². The van der Waals surface area contributed by atoms with Crippen molar-refractivity contribution in [2.45, 2.75) is 24.7 Å². The van der Waals surface area contributed by atoms with E-state index in [2.05, 4.69) is 10.6 Å². The van der Waals surface area contributed by atoms with Gasteiger partial charge in [-0.3, -0.25) is 9.59 Å². The quantitative estimate of drug-likeness (QED) is 0.661. The molecule has 9 nitrogen and oxygen atoms in total. The summed E-state index contributed by atoms with van der Waals surface area (Å²) in [6, 6.07) is 8.21. The number of halogens is 1. The second-order valence-corrected chi connectivity index (χ2v) is 10.3. The highest BCUT2D eigenvalue weighted by Gasteiger charge is 2.34. The normalized spacial score (nSPS) is 17.0. The van der Waals surface area contributed by atoms with Gasteiger partial charge in [-0.05, 0) is 43.5 Å². The van der Waals surface area contributed by atoms with Crippen LogP contribution in [0.2, 0.25) is 5.02 Å². The van der Waals surface area contributed by atoms with Gasteiger partial charge in [-0.25, -0.2) is 8.42 Å². The summed E-state index contributed by atoms with van der Waals surface area (Å²) in [5.74, 6) is -0.0303. The molecule has 0 spiro atoms. The van der Waals surface area contributed by atoms with Crippen molar-refractivity contribution in [1.29, 1.82) is 0 Å². The summed E-state index contributed by atoms with van der Waals surface area (Å²) in [6.07, 6.45) is 0.739. The highest BCUT2D eigenvalue weighted by molar-refractivity contribution is 7.89. The first-order valence-electron chi connectivity index (χ1n) is 10.4. The van der Waals surface area contributed by atoms with Crippen molar-refractivity contribution < 1.29 is 27.5 Å². The van der Waals surface area contributed by atoms with E-state index in [0.717, 1.165) is 5.56 Å². The molecule has 0 unspecified atom stereocenters. The molecule has 2 N–H and O–H groups in total. The Kier molecular flexibility index (Phi) is 6.51. The fourth-order valence-electron chi connectivity index (χ4n) is 3.93. The van der Waals surface area contributed by atoms with Crippen molar-refractivity contribution in [3.63, 3.8) is 0 Å². The van der Waals surface area contributed by atoms with Gasteiger partial charge >= 0.3 is 0 Å². The molecule has 2 aliphatic rings. The lowest BCUT2D eigenvalue weighted by atomic mass is 9.97. The molecule has 0 atom stereocenters. The number of aryl methyl sites for hydroxylation is 1. The topological polar surface area (TPSA) is 114 Å². The van der Waals surface area contributed by atoms with Gasteiger partial charge in [0.25, 0.3) is 5.91 Å². The number of ether oxygens (including phenoxy) is 2. The molecule has 0 saturated carbocycles. The van der Waals surface area contributed by atoms with E-state index in [4.69, 9.17) is 21.1 Å². The summed E-state index contributed by atoms with van der Waals surface area (Å²) in [4.78, 5) is 24.2. The van der Waals surface area contributed by atoms with Crippen LogP contribution in [0.1, 0.15) is 18.4 Å². The molecule has 176 valence electrons. The number of fused-ring (bicyclic) bond motifs is 1. The maximum atomic E-state index is 13.2. The summed E-state index contributed by atoms with van der Waals surface area (Å²) in [6.45, 7) is 2.08. The van der Waals surface area contributed by atoms with E-state index in [-0.39, 0.29) is 53.1 Å². The molecule has 11 heteroatoms. The predicted octanol–water partition coefficient (Wildman–Crippen LogP) is 3.03. The number of benzene rings is 2.